The largest absolute Gasteiger partial charge is 0.468 e. The van der Waals surface area contributed by atoms with E-state index in [2.05, 4.69) is 4.74 Å². The predicted molar refractivity (Wildman–Crippen MR) is 69.2 cm³/mol. The van der Waals surface area contributed by atoms with Gasteiger partial charge >= 0.3 is 5.97 Å². The summed E-state index contributed by atoms with van der Waals surface area (Å²) in [6.45, 7) is 0.305. The second-order valence-electron chi connectivity index (χ2n) is 4.19. The van der Waals surface area contributed by atoms with Gasteiger partial charge in [0.25, 0.3) is 0 Å². The van der Waals surface area contributed by atoms with Gasteiger partial charge in [-0.3, -0.25) is 0 Å². The van der Waals surface area contributed by atoms with Gasteiger partial charge in [-0.2, -0.15) is 4.72 Å². The first kappa shape index (κ1) is 16.8. The smallest absolute Gasteiger partial charge is 0.329 e. The molecule has 0 saturated heterocycles. The minimum absolute atomic E-state index is 0.117. The zero-order valence-corrected chi connectivity index (χ0v) is 12.3. The number of aliphatic hydroxyl groups excluding tert-OH is 1. The number of esters is 1. The monoisotopic (exact) mass is 325 g/mol. The van der Waals surface area contributed by atoms with Crippen LogP contribution in [0.1, 0.15) is 6.92 Å². The van der Waals surface area contributed by atoms with Crippen LogP contribution in [-0.2, 0) is 19.6 Å². The number of sulfonamides is 1. The molecule has 0 amide bonds. The summed E-state index contributed by atoms with van der Waals surface area (Å²) in [5.74, 6) is -1.83. The summed E-state index contributed by atoms with van der Waals surface area (Å²) in [4.78, 5) is 11.0. The molecule has 0 spiro atoms. The number of rotatable bonds is 5. The van der Waals surface area contributed by atoms with E-state index in [1.807, 2.05) is 4.72 Å². The molecule has 0 aliphatic rings. The van der Waals surface area contributed by atoms with Crippen LogP contribution in [0.15, 0.2) is 23.1 Å². The molecule has 0 aliphatic carbocycles. The van der Waals surface area contributed by atoms with Gasteiger partial charge < -0.3 is 9.84 Å². The normalized spacial score (nSPS) is 14.7. The Kier molecular flexibility index (Phi) is 5.09. The average Bonchev–Trinajstić information content (AvgIpc) is 2.36. The lowest BCUT2D eigenvalue weighted by atomic mass is 10.1. The predicted octanol–water partition coefficient (Wildman–Crippen LogP) is 0.681. The molecule has 1 atom stereocenters. The highest BCUT2D eigenvalue weighted by molar-refractivity contribution is 7.89. The SMILES string of the molecule is COC(=O)C(C)(CO)NS(=O)(=O)c1cc(F)cc(Cl)c1. The first-order valence-electron chi connectivity index (χ1n) is 5.34. The molecule has 20 heavy (non-hydrogen) atoms. The average molecular weight is 326 g/mol. The Labute approximate surface area is 120 Å². The van der Waals surface area contributed by atoms with Crippen LogP contribution in [0.5, 0.6) is 0 Å². The quantitative estimate of drug-likeness (QED) is 0.777. The number of benzene rings is 1. The van der Waals surface area contributed by atoms with Crippen molar-refractivity contribution in [1.82, 2.24) is 4.72 Å². The van der Waals surface area contributed by atoms with E-state index >= 15 is 0 Å². The summed E-state index contributed by atoms with van der Waals surface area (Å²) in [5, 5.41) is 9.06. The molecule has 2 N–H and O–H groups in total. The maximum atomic E-state index is 13.2. The molecular formula is C11H13ClFNO5S. The van der Waals surface area contributed by atoms with E-state index in [-0.39, 0.29) is 5.02 Å². The summed E-state index contributed by atoms with van der Waals surface area (Å²) in [7, 11) is -3.22. The number of halogens is 2. The van der Waals surface area contributed by atoms with Crippen LogP contribution < -0.4 is 4.72 Å². The first-order chi connectivity index (χ1) is 9.14. The van der Waals surface area contributed by atoms with Crippen LogP contribution in [0.25, 0.3) is 0 Å². The lowest BCUT2D eigenvalue weighted by Gasteiger charge is -2.25. The molecule has 6 nitrogen and oxygen atoms in total. The molecule has 0 heterocycles. The molecule has 0 fully saturated rings. The lowest BCUT2D eigenvalue weighted by Crippen LogP contribution is -2.55. The highest BCUT2D eigenvalue weighted by Crippen LogP contribution is 2.20. The number of hydrogen-bond acceptors (Lipinski definition) is 5. The number of aliphatic hydroxyl groups is 1. The van der Waals surface area contributed by atoms with E-state index in [0.717, 1.165) is 32.2 Å². The highest BCUT2D eigenvalue weighted by atomic mass is 35.5. The Balaban J connectivity index is 3.20. The summed E-state index contributed by atoms with van der Waals surface area (Å²) >= 11 is 5.58. The van der Waals surface area contributed by atoms with Crippen molar-refractivity contribution < 1.29 is 27.4 Å². The minimum Gasteiger partial charge on any atom is -0.468 e. The van der Waals surface area contributed by atoms with E-state index < -0.39 is 38.9 Å². The molecular weight excluding hydrogens is 313 g/mol. The fourth-order valence-corrected chi connectivity index (χ4v) is 3.10. The topological polar surface area (TPSA) is 92.7 Å². The van der Waals surface area contributed by atoms with E-state index in [0.29, 0.717) is 0 Å². The van der Waals surface area contributed by atoms with E-state index in [1.54, 1.807) is 0 Å². The van der Waals surface area contributed by atoms with Gasteiger partial charge in [-0.1, -0.05) is 11.6 Å². The molecule has 1 rings (SSSR count). The van der Waals surface area contributed by atoms with Crippen LogP contribution in [0.3, 0.4) is 0 Å². The number of ether oxygens (including phenoxy) is 1. The molecule has 9 heteroatoms. The lowest BCUT2D eigenvalue weighted by molar-refractivity contribution is -0.148. The van der Waals surface area contributed by atoms with Crippen LogP contribution in [-0.4, -0.2) is 38.7 Å². The number of hydrogen-bond donors (Lipinski definition) is 2. The van der Waals surface area contributed by atoms with Gasteiger partial charge in [-0.05, 0) is 25.1 Å². The summed E-state index contributed by atoms with van der Waals surface area (Å²) in [6.07, 6.45) is 0. The zero-order valence-electron chi connectivity index (χ0n) is 10.7. The van der Waals surface area contributed by atoms with E-state index in [4.69, 9.17) is 11.6 Å². The maximum absolute atomic E-state index is 13.2. The van der Waals surface area contributed by atoms with Crippen molar-refractivity contribution >= 4 is 27.6 Å². The molecule has 0 bridgehead atoms. The molecule has 1 aromatic carbocycles. The molecule has 0 aromatic heterocycles. The van der Waals surface area contributed by atoms with Gasteiger partial charge in [0.15, 0.2) is 5.54 Å². The van der Waals surface area contributed by atoms with Crippen molar-refractivity contribution in [2.75, 3.05) is 13.7 Å². The second-order valence-corrected chi connectivity index (χ2v) is 6.31. The number of carbonyl (C=O) groups excluding carboxylic acids is 1. The van der Waals surface area contributed by atoms with Gasteiger partial charge in [0.05, 0.1) is 18.6 Å². The third-order valence-corrected chi connectivity index (χ3v) is 4.25. The Morgan fingerprint density at radius 1 is 1.50 bits per heavy atom. The fraction of sp³-hybridized carbons (Fsp3) is 0.364. The third-order valence-electron chi connectivity index (χ3n) is 2.46. The Bertz CT molecular complexity index is 601. The van der Waals surface area contributed by atoms with Gasteiger partial charge in [0.1, 0.15) is 5.82 Å². The Morgan fingerprint density at radius 2 is 2.10 bits per heavy atom. The highest BCUT2D eigenvalue weighted by Gasteiger charge is 2.38. The molecule has 0 aliphatic heterocycles. The number of nitrogens with one attached hydrogen (secondary N) is 1. The summed E-state index contributed by atoms with van der Waals surface area (Å²) in [6, 6.07) is 2.69. The van der Waals surface area contributed by atoms with Crippen molar-refractivity contribution in [3.8, 4) is 0 Å². The van der Waals surface area contributed by atoms with Gasteiger partial charge in [-0.15, -0.1) is 0 Å². The standard InChI is InChI=1S/C11H13ClFNO5S/c1-11(6-15,10(16)19-2)14-20(17,18)9-4-7(12)3-8(13)5-9/h3-5,14-15H,6H2,1-2H3. The van der Waals surface area contributed by atoms with E-state index in [9.17, 15) is 22.7 Å². The van der Waals surface area contributed by atoms with Crippen molar-refractivity contribution in [3.05, 3.63) is 29.0 Å². The Morgan fingerprint density at radius 3 is 2.55 bits per heavy atom. The van der Waals surface area contributed by atoms with Crippen LogP contribution in [0.4, 0.5) is 4.39 Å². The molecule has 112 valence electrons. The van der Waals surface area contributed by atoms with Gasteiger partial charge in [0, 0.05) is 5.02 Å². The van der Waals surface area contributed by atoms with Crippen LogP contribution in [0, 0.1) is 5.82 Å². The van der Waals surface area contributed by atoms with Crippen molar-refractivity contribution in [2.45, 2.75) is 17.4 Å². The second kappa shape index (κ2) is 6.04. The maximum Gasteiger partial charge on any atom is 0.329 e. The summed E-state index contributed by atoms with van der Waals surface area (Å²) < 4.78 is 43.7. The zero-order chi connectivity index (χ0) is 15.6. The van der Waals surface area contributed by atoms with Crippen LogP contribution >= 0.6 is 11.6 Å². The minimum atomic E-state index is -4.27. The fourth-order valence-electron chi connectivity index (χ4n) is 1.40. The Hall–Kier alpha value is -1.22. The van der Waals surface area contributed by atoms with Gasteiger partial charge in [0.2, 0.25) is 10.0 Å². The molecule has 1 unspecified atom stereocenters. The molecule has 1 aromatic rings. The van der Waals surface area contributed by atoms with E-state index in [1.165, 1.54) is 0 Å². The van der Waals surface area contributed by atoms with Crippen molar-refractivity contribution in [3.63, 3.8) is 0 Å². The number of methoxy groups -OCH3 is 1. The van der Waals surface area contributed by atoms with Crippen molar-refractivity contribution in [2.24, 2.45) is 0 Å². The summed E-state index contributed by atoms with van der Waals surface area (Å²) in [5.41, 5.74) is -1.88. The third kappa shape index (κ3) is 3.66. The number of carbonyl (C=O) groups is 1. The van der Waals surface area contributed by atoms with Crippen LogP contribution in [0.2, 0.25) is 5.02 Å². The van der Waals surface area contributed by atoms with Gasteiger partial charge in [-0.25, -0.2) is 17.6 Å². The molecule has 0 radical (unpaired) electrons. The van der Waals surface area contributed by atoms with Crippen molar-refractivity contribution in [1.29, 1.82) is 0 Å². The molecule has 0 saturated carbocycles. The first-order valence-corrected chi connectivity index (χ1v) is 7.20.